The van der Waals surface area contributed by atoms with Crippen LogP contribution in [0.2, 0.25) is 0 Å². The number of carbonyl (C=O) groups excluding carboxylic acids is 1. The van der Waals surface area contributed by atoms with Crippen molar-refractivity contribution in [3.05, 3.63) is 78.6 Å². The van der Waals surface area contributed by atoms with Crippen molar-refractivity contribution >= 4 is 21.6 Å². The molecule has 0 aliphatic carbocycles. The number of halogens is 1. The van der Waals surface area contributed by atoms with Gasteiger partial charge in [0.15, 0.2) is 0 Å². The third-order valence-electron chi connectivity index (χ3n) is 4.06. The topological polar surface area (TPSA) is 93.7 Å². The maximum absolute atomic E-state index is 12.9. The van der Waals surface area contributed by atoms with Crippen molar-refractivity contribution in [3.8, 4) is 17.2 Å². The van der Waals surface area contributed by atoms with Crippen LogP contribution in [-0.4, -0.2) is 27.5 Å². The zero-order valence-electron chi connectivity index (χ0n) is 16.7. The van der Waals surface area contributed by atoms with Crippen molar-refractivity contribution in [3.63, 3.8) is 0 Å². The van der Waals surface area contributed by atoms with Gasteiger partial charge in [0.25, 0.3) is 0 Å². The lowest BCUT2D eigenvalue weighted by Crippen LogP contribution is -2.32. The van der Waals surface area contributed by atoms with Crippen molar-refractivity contribution < 1.29 is 27.1 Å². The van der Waals surface area contributed by atoms with E-state index in [4.69, 9.17) is 9.47 Å². The van der Waals surface area contributed by atoms with E-state index in [9.17, 15) is 17.6 Å². The Bertz CT molecular complexity index is 1120. The van der Waals surface area contributed by atoms with E-state index in [2.05, 4.69) is 10.0 Å². The van der Waals surface area contributed by atoms with Crippen LogP contribution in [-0.2, 0) is 14.8 Å². The van der Waals surface area contributed by atoms with Crippen LogP contribution in [0.5, 0.6) is 17.2 Å². The van der Waals surface area contributed by atoms with Crippen LogP contribution in [0, 0.1) is 5.82 Å². The van der Waals surface area contributed by atoms with Gasteiger partial charge in [-0.25, -0.2) is 17.5 Å². The Balaban J connectivity index is 1.56. The number of anilines is 1. The molecule has 0 aliphatic rings. The quantitative estimate of drug-likeness (QED) is 0.522. The number of hydrogen-bond acceptors (Lipinski definition) is 5. The van der Waals surface area contributed by atoms with Crippen LogP contribution in [0.25, 0.3) is 0 Å². The van der Waals surface area contributed by atoms with Crippen LogP contribution >= 0.6 is 0 Å². The summed E-state index contributed by atoms with van der Waals surface area (Å²) >= 11 is 0. The summed E-state index contributed by atoms with van der Waals surface area (Å²) in [5, 5.41) is 2.48. The highest BCUT2D eigenvalue weighted by Crippen LogP contribution is 2.25. The molecule has 0 unspecified atom stereocenters. The number of benzene rings is 3. The Labute approximate surface area is 179 Å². The molecule has 0 fully saturated rings. The second-order valence-electron chi connectivity index (χ2n) is 6.36. The predicted octanol–water partition coefficient (Wildman–Crippen LogP) is 3.93. The highest BCUT2D eigenvalue weighted by molar-refractivity contribution is 7.89. The number of nitrogens with one attached hydrogen (secondary N) is 2. The SMILES string of the molecule is CCOc1ccc(Oc2ccc(S(=O)(=O)NCC(=O)Nc3ccc(F)cc3)cc2)cc1. The van der Waals surface area contributed by atoms with Crippen molar-refractivity contribution in [2.24, 2.45) is 0 Å². The summed E-state index contributed by atoms with van der Waals surface area (Å²) in [5.41, 5.74) is 0.362. The summed E-state index contributed by atoms with van der Waals surface area (Å²) in [5.74, 6) is 0.747. The molecule has 0 aliphatic heterocycles. The first-order valence-corrected chi connectivity index (χ1v) is 10.9. The van der Waals surface area contributed by atoms with Gasteiger partial charge >= 0.3 is 0 Å². The molecule has 2 N–H and O–H groups in total. The third kappa shape index (κ3) is 6.53. The van der Waals surface area contributed by atoms with E-state index in [0.717, 1.165) is 5.75 Å². The van der Waals surface area contributed by atoms with E-state index < -0.39 is 28.3 Å². The summed E-state index contributed by atoms with van der Waals surface area (Å²) in [6, 6.07) is 18.0. The summed E-state index contributed by atoms with van der Waals surface area (Å²) < 4.78 is 51.0. The number of sulfonamides is 1. The molecule has 3 aromatic rings. The zero-order chi connectivity index (χ0) is 22.3. The molecule has 7 nitrogen and oxygen atoms in total. The molecule has 0 saturated carbocycles. The maximum Gasteiger partial charge on any atom is 0.241 e. The smallest absolute Gasteiger partial charge is 0.241 e. The number of hydrogen-bond donors (Lipinski definition) is 2. The maximum atomic E-state index is 12.9. The molecule has 0 radical (unpaired) electrons. The Morgan fingerprint density at radius 1 is 0.871 bits per heavy atom. The summed E-state index contributed by atoms with van der Waals surface area (Å²) in [6.45, 7) is 2.00. The van der Waals surface area contributed by atoms with Gasteiger partial charge in [-0.2, -0.15) is 0 Å². The number of amides is 1. The van der Waals surface area contributed by atoms with Crippen LogP contribution < -0.4 is 19.5 Å². The van der Waals surface area contributed by atoms with Gasteiger partial charge in [-0.15, -0.1) is 0 Å². The standard InChI is InChI=1S/C22H21FN2O5S/c1-2-29-18-7-9-19(10-8-18)30-20-11-13-21(14-12-20)31(27,28)24-15-22(26)25-17-5-3-16(23)4-6-17/h3-14,24H,2,15H2,1H3,(H,25,26). The molecule has 31 heavy (non-hydrogen) atoms. The predicted molar refractivity (Wildman–Crippen MR) is 114 cm³/mol. The monoisotopic (exact) mass is 444 g/mol. The number of rotatable bonds is 9. The largest absolute Gasteiger partial charge is 0.494 e. The Morgan fingerprint density at radius 2 is 1.42 bits per heavy atom. The number of carbonyl (C=O) groups is 1. The summed E-state index contributed by atoms with van der Waals surface area (Å²) in [6.07, 6.45) is 0. The molecule has 0 spiro atoms. The Hall–Kier alpha value is -3.43. The lowest BCUT2D eigenvalue weighted by atomic mass is 10.3. The van der Waals surface area contributed by atoms with Crippen molar-refractivity contribution in [1.82, 2.24) is 4.72 Å². The molecule has 0 bridgehead atoms. The first-order chi connectivity index (χ1) is 14.9. The van der Waals surface area contributed by atoms with Gasteiger partial charge < -0.3 is 14.8 Å². The molecule has 1 amide bonds. The van der Waals surface area contributed by atoms with Gasteiger partial charge in [0.2, 0.25) is 15.9 Å². The average molecular weight is 444 g/mol. The van der Waals surface area contributed by atoms with E-state index in [-0.39, 0.29) is 4.90 Å². The van der Waals surface area contributed by atoms with Gasteiger partial charge in [0.05, 0.1) is 18.0 Å². The van der Waals surface area contributed by atoms with Crippen LogP contribution in [0.15, 0.2) is 77.7 Å². The normalized spacial score (nSPS) is 11.0. The van der Waals surface area contributed by atoms with Crippen LogP contribution in [0.3, 0.4) is 0 Å². The van der Waals surface area contributed by atoms with E-state index in [0.29, 0.717) is 23.8 Å². The molecular formula is C22H21FN2O5S. The van der Waals surface area contributed by atoms with E-state index in [1.165, 1.54) is 48.5 Å². The van der Waals surface area contributed by atoms with Crippen LogP contribution in [0.4, 0.5) is 10.1 Å². The highest BCUT2D eigenvalue weighted by Gasteiger charge is 2.16. The molecule has 0 heterocycles. The fourth-order valence-corrected chi connectivity index (χ4v) is 3.56. The highest BCUT2D eigenvalue weighted by atomic mass is 32.2. The Morgan fingerprint density at radius 3 is 2.00 bits per heavy atom. The van der Waals surface area contributed by atoms with Crippen molar-refractivity contribution in [2.45, 2.75) is 11.8 Å². The molecule has 162 valence electrons. The first kappa shape index (κ1) is 22.3. The third-order valence-corrected chi connectivity index (χ3v) is 5.47. The molecule has 0 saturated heterocycles. The lowest BCUT2D eigenvalue weighted by Gasteiger charge is -2.10. The minimum Gasteiger partial charge on any atom is -0.494 e. The second kappa shape index (κ2) is 10.1. The van der Waals surface area contributed by atoms with Gasteiger partial charge in [-0.1, -0.05) is 0 Å². The summed E-state index contributed by atoms with van der Waals surface area (Å²) in [7, 11) is -3.90. The number of ether oxygens (including phenoxy) is 2. The molecule has 3 aromatic carbocycles. The van der Waals surface area contributed by atoms with E-state index in [1.54, 1.807) is 24.3 Å². The summed E-state index contributed by atoms with van der Waals surface area (Å²) in [4.78, 5) is 11.9. The lowest BCUT2D eigenvalue weighted by molar-refractivity contribution is -0.115. The molecule has 0 atom stereocenters. The first-order valence-electron chi connectivity index (χ1n) is 9.41. The van der Waals surface area contributed by atoms with Crippen molar-refractivity contribution in [2.75, 3.05) is 18.5 Å². The van der Waals surface area contributed by atoms with Crippen LogP contribution in [0.1, 0.15) is 6.92 Å². The van der Waals surface area contributed by atoms with E-state index >= 15 is 0 Å². The van der Waals surface area contributed by atoms with Gasteiger partial charge in [0.1, 0.15) is 23.1 Å². The second-order valence-corrected chi connectivity index (χ2v) is 8.12. The molecule has 3 rings (SSSR count). The Kier molecular flexibility index (Phi) is 7.22. The van der Waals surface area contributed by atoms with Gasteiger partial charge in [-0.3, -0.25) is 4.79 Å². The van der Waals surface area contributed by atoms with Gasteiger partial charge in [-0.05, 0) is 79.7 Å². The minimum absolute atomic E-state index is 0.0128. The molecule has 0 aromatic heterocycles. The van der Waals surface area contributed by atoms with Gasteiger partial charge in [0, 0.05) is 5.69 Å². The average Bonchev–Trinajstić information content (AvgIpc) is 2.76. The fourth-order valence-electron chi connectivity index (χ4n) is 2.58. The van der Waals surface area contributed by atoms with Crippen molar-refractivity contribution in [1.29, 1.82) is 0 Å². The zero-order valence-corrected chi connectivity index (χ0v) is 17.5. The fraction of sp³-hybridized carbons (Fsp3) is 0.136. The molecular weight excluding hydrogens is 423 g/mol. The molecule has 9 heteroatoms. The minimum atomic E-state index is -3.90. The van der Waals surface area contributed by atoms with E-state index in [1.807, 2.05) is 6.92 Å².